The van der Waals surface area contributed by atoms with Crippen molar-refractivity contribution in [1.82, 2.24) is 5.32 Å². The molecule has 0 unspecified atom stereocenters. The Labute approximate surface area is 135 Å². The van der Waals surface area contributed by atoms with Crippen LogP contribution in [0.15, 0.2) is 42.5 Å². The van der Waals surface area contributed by atoms with Crippen LogP contribution in [0.1, 0.15) is 30.1 Å². The molecule has 0 radical (unpaired) electrons. The van der Waals surface area contributed by atoms with Crippen LogP contribution in [0.4, 0.5) is 0 Å². The third-order valence-corrected chi connectivity index (χ3v) is 3.89. The normalized spacial score (nSPS) is 14.8. The fraction of sp³-hybridized carbons (Fsp3) is 0.278. The summed E-state index contributed by atoms with van der Waals surface area (Å²) in [5.41, 5.74) is 1.95. The molecule has 3 rings (SSSR count). The van der Waals surface area contributed by atoms with Crippen LogP contribution in [0.25, 0.3) is 0 Å². The standard InChI is InChI=1S/C18H18N2O3/c1-12(13-3-6-15(21-2)7-4-13)20-16(10-19)14-5-8-17-18(9-14)23-11-22-17/h3-9,12,16,20H,11H2,1-2H3/t12-,16+/m0/s1. The molecule has 0 amide bonds. The van der Waals surface area contributed by atoms with Crippen LogP contribution in [0.2, 0.25) is 0 Å². The second kappa shape index (κ2) is 6.59. The minimum absolute atomic E-state index is 0.0241. The molecule has 118 valence electrons. The number of fused-ring (bicyclic) bond motifs is 1. The minimum atomic E-state index is -0.429. The molecule has 1 N–H and O–H groups in total. The maximum atomic E-state index is 9.50. The highest BCUT2D eigenvalue weighted by Gasteiger charge is 2.19. The molecule has 23 heavy (non-hydrogen) atoms. The number of ether oxygens (including phenoxy) is 3. The van der Waals surface area contributed by atoms with Crippen molar-refractivity contribution in [2.45, 2.75) is 19.0 Å². The molecular weight excluding hydrogens is 292 g/mol. The largest absolute Gasteiger partial charge is 0.497 e. The number of benzene rings is 2. The van der Waals surface area contributed by atoms with E-state index in [9.17, 15) is 5.26 Å². The molecule has 5 heteroatoms. The maximum absolute atomic E-state index is 9.50. The van der Waals surface area contributed by atoms with Crippen molar-refractivity contribution in [3.63, 3.8) is 0 Å². The predicted molar refractivity (Wildman–Crippen MR) is 85.5 cm³/mol. The van der Waals surface area contributed by atoms with Crippen LogP contribution >= 0.6 is 0 Å². The SMILES string of the molecule is COc1ccc([C@H](C)N[C@H](C#N)c2ccc3c(c2)OCO3)cc1. The van der Waals surface area contributed by atoms with Gasteiger partial charge >= 0.3 is 0 Å². The number of methoxy groups -OCH3 is 1. The first-order chi connectivity index (χ1) is 11.2. The number of hydrogen-bond donors (Lipinski definition) is 1. The Morgan fingerprint density at radius 2 is 1.78 bits per heavy atom. The lowest BCUT2D eigenvalue weighted by molar-refractivity contribution is 0.174. The average Bonchev–Trinajstić information content (AvgIpc) is 3.07. The average molecular weight is 310 g/mol. The molecule has 0 aromatic heterocycles. The van der Waals surface area contributed by atoms with E-state index in [1.807, 2.05) is 49.4 Å². The summed E-state index contributed by atoms with van der Waals surface area (Å²) in [6.45, 7) is 2.25. The Balaban J connectivity index is 1.75. The Kier molecular flexibility index (Phi) is 4.35. The number of nitrogens with one attached hydrogen (secondary N) is 1. The van der Waals surface area contributed by atoms with E-state index in [1.165, 1.54) is 0 Å². The molecule has 1 aliphatic rings. The van der Waals surface area contributed by atoms with E-state index in [1.54, 1.807) is 7.11 Å². The first-order valence-electron chi connectivity index (χ1n) is 7.40. The Bertz CT molecular complexity index is 722. The first kappa shape index (κ1) is 15.2. The molecule has 0 fully saturated rings. The molecule has 2 aromatic carbocycles. The van der Waals surface area contributed by atoms with Crippen LogP contribution in [-0.4, -0.2) is 13.9 Å². The van der Waals surface area contributed by atoms with Gasteiger partial charge in [-0.25, -0.2) is 0 Å². The molecule has 2 aromatic rings. The van der Waals surface area contributed by atoms with E-state index in [0.29, 0.717) is 11.5 Å². The smallest absolute Gasteiger partial charge is 0.231 e. The van der Waals surface area contributed by atoms with Crippen LogP contribution in [0.3, 0.4) is 0 Å². The van der Waals surface area contributed by atoms with Crippen LogP contribution in [-0.2, 0) is 0 Å². The van der Waals surface area contributed by atoms with Crippen molar-refractivity contribution >= 4 is 0 Å². The zero-order chi connectivity index (χ0) is 16.2. The Morgan fingerprint density at radius 1 is 1.09 bits per heavy atom. The number of hydrogen-bond acceptors (Lipinski definition) is 5. The fourth-order valence-electron chi connectivity index (χ4n) is 2.54. The molecule has 0 aliphatic carbocycles. The van der Waals surface area contributed by atoms with Crippen molar-refractivity contribution in [1.29, 1.82) is 5.26 Å². The molecule has 0 spiro atoms. The monoisotopic (exact) mass is 310 g/mol. The molecule has 0 bridgehead atoms. The van der Waals surface area contributed by atoms with Crippen LogP contribution < -0.4 is 19.5 Å². The lowest BCUT2D eigenvalue weighted by Crippen LogP contribution is -2.23. The molecule has 1 aliphatic heterocycles. The topological polar surface area (TPSA) is 63.5 Å². The minimum Gasteiger partial charge on any atom is -0.497 e. The van der Waals surface area contributed by atoms with Crippen molar-refractivity contribution in [3.05, 3.63) is 53.6 Å². The zero-order valence-corrected chi connectivity index (χ0v) is 13.1. The van der Waals surface area contributed by atoms with E-state index in [2.05, 4.69) is 11.4 Å². The zero-order valence-electron chi connectivity index (χ0n) is 13.1. The van der Waals surface area contributed by atoms with E-state index in [-0.39, 0.29) is 12.8 Å². The van der Waals surface area contributed by atoms with Crippen LogP contribution in [0, 0.1) is 11.3 Å². The third-order valence-electron chi connectivity index (χ3n) is 3.89. The highest BCUT2D eigenvalue weighted by atomic mass is 16.7. The van der Waals surface area contributed by atoms with Gasteiger partial charge in [-0.3, -0.25) is 5.32 Å². The summed E-state index contributed by atoms with van der Waals surface area (Å²) in [7, 11) is 1.64. The summed E-state index contributed by atoms with van der Waals surface area (Å²) in [5.74, 6) is 2.21. The van der Waals surface area contributed by atoms with Crippen molar-refractivity contribution in [2.24, 2.45) is 0 Å². The van der Waals surface area contributed by atoms with E-state index in [4.69, 9.17) is 14.2 Å². The highest BCUT2D eigenvalue weighted by molar-refractivity contribution is 5.46. The number of nitrogens with zero attached hydrogens (tertiary/aromatic N) is 1. The van der Waals surface area contributed by atoms with Crippen molar-refractivity contribution in [2.75, 3.05) is 13.9 Å². The summed E-state index contributed by atoms with van der Waals surface area (Å²) in [6, 6.07) is 15.3. The van der Waals surface area contributed by atoms with Gasteiger partial charge in [0.1, 0.15) is 11.8 Å². The summed E-state index contributed by atoms with van der Waals surface area (Å²) in [6.07, 6.45) is 0. The van der Waals surface area contributed by atoms with Gasteiger partial charge < -0.3 is 14.2 Å². The van der Waals surface area contributed by atoms with Gasteiger partial charge in [0, 0.05) is 6.04 Å². The van der Waals surface area contributed by atoms with Gasteiger partial charge in [-0.1, -0.05) is 18.2 Å². The van der Waals surface area contributed by atoms with Gasteiger partial charge in [-0.2, -0.15) is 5.26 Å². The second-order valence-corrected chi connectivity index (χ2v) is 5.34. The fourth-order valence-corrected chi connectivity index (χ4v) is 2.54. The van der Waals surface area contributed by atoms with Gasteiger partial charge in [-0.15, -0.1) is 0 Å². The van der Waals surface area contributed by atoms with E-state index >= 15 is 0 Å². The summed E-state index contributed by atoms with van der Waals surface area (Å²) >= 11 is 0. The Hall–Kier alpha value is -2.71. The molecule has 0 saturated carbocycles. The van der Waals surface area contributed by atoms with Crippen molar-refractivity contribution in [3.8, 4) is 23.3 Å². The number of nitriles is 1. The predicted octanol–water partition coefficient (Wildman–Crippen LogP) is 3.34. The van der Waals surface area contributed by atoms with E-state index in [0.717, 1.165) is 16.9 Å². The van der Waals surface area contributed by atoms with Gasteiger partial charge in [0.25, 0.3) is 0 Å². The lowest BCUT2D eigenvalue weighted by atomic mass is 10.0. The maximum Gasteiger partial charge on any atom is 0.231 e. The summed E-state index contributed by atoms with van der Waals surface area (Å²) in [5, 5.41) is 12.8. The molecule has 2 atom stereocenters. The molecular formula is C18H18N2O3. The summed E-state index contributed by atoms with van der Waals surface area (Å²) in [4.78, 5) is 0. The van der Waals surface area contributed by atoms with Gasteiger partial charge in [0.2, 0.25) is 6.79 Å². The lowest BCUT2D eigenvalue weighted by Gasteiger charge is -2.19. The van der Waals surface area contributed by atoms with E-state index < -0.39 is 6.04 Å². The third kappa shape index (κ3) is 3.22. The highest BCUT2D eigenvalue weighted by Crippen LogP contribution is 2.34. The quantitative estimate of drug-likeness (QED) is 0.917. The number of rotatable bonds is 5. The van der Waals surface area contributed by atoms with Crippen LogP contribution in [0.5, 0.6) is 17.2 Å². The second-order valence-electron chi connectivity index (χ2n) is 5.34. The first-order valence-corrected chi connectivity index (χ1v) is 7.40. The summed E-state index contributed by atoms with van der Waals surface area (Å²) < 4.78 is 15.8. The molecule has 5 nitrogen and oxygen atoms in total. The Morgan fingerprint density at radius 3 is 2.48 bits per heavy atom. The van der Waals surface area contributed by atoms with Gasteiger partial charge in [-0.05, 0) is 42.3 Å². The molecule has 1 heterocycles. The van der Waals surface area contributed by atoms with Gasteiger partial charge in [0.05, 0.1) is 13.2 Å². The van der Waals surface area contributed by atoms with Crippen molar-refractivity contribution < 1.29 is 14.2 Å². The van der Waals surface area contributed by atoms with Gasteiger partial charge in [0.15, 0.2) is 11.5 Å². The molecule has 0 saturated heterocycles.